The molecular formula is C16H21NO2. The number of piperidine rings is 1. The summed E-state index contributed by atoms with van der Waals surface area (Å²) in [5.41, 5.74) is 2.98. The normalized spacial score (nSPS) is 24.9. The number of benzene rings is 1. The number of carbonyl (C=O) groups is 1. The number of hydrogen-bond donors (Lipinski definition) is 1. The number of aliphatic carboxylic acids is 1. The summed E-state index contributed by atoms with van der Waals surface area (Å²) in [6, 6.07) is 9.34. The van der Waals surface area contributed by atoms with Crippen LogP contribution in [0.25, 0.3) is 0 Å². The molecule has 0 amide bonds. The minimum absolute atomic E-state index is 0.118. The minimum Gasteiger partial charge on any atom is -0.481 e. The molecule has 1 N–H and O–H groups in total. The van der Waals surface area contributed by atoms with Crippen LogP contribution in [-0.2, 0) is 17.6 Å². The summed E-state index contributed by atoms with van der Waals surface area (Å²) in [5, 5.41) is 9.05. The molecule has 1 heterocycles. The van der Waals surface area contributed by atoms with Crippen molar-refractivity contribution in [3.05, 3.63) is 35.4 Å². The predicted molar refractivity (Wildman–Crippen MR) is 74.2 cm³/mol. The molecule has 3 rings (SSSR count). The first kappa shape index (κ1) is 12.7. The van der Waals surface area contributed by atoms with Gasteiger partial charge < -0.3 is 5.11 Å². The highest BCUT2D eigenvalue weighted by Crippen LogP contribution is 2.27. The van der Waals surface area contributed by atoms with Crippen LogP contribution in [0, 0.1) is 5.92 Å². The Hall–Kier alpha value is -1.35. The molecule has 0 aromatic heterocycles. The van der Waals surface area contributed by atoms with E-state index in [2.05, 4.69) is 29.2 Å². The summed E-state index contributed by atoms with van der Waals surface area (Å²) >= 11 is 0. The molecule has 0 radical (unpaired) electrons. The lowest BCUT2D eigenvalue weighted by molar-refractivity contribution is -0.143. The monoisotopic (exact) mass is 259 g/mol. The van der Waals surface area contributed by atoms with Crippen LogP contribution >= 0.6 is 0 Å². The fourth-order valence-electron chi connectivity index (χ4n) is 3.50. The Morgan fingerprint density at radius 2 is 1.79 bits per heavy atom. The van der Waals surface area contributed by atoms with Crippen molar-refractivity contribution < 1.29 is 9.90 Å². The summed E-state index contributed by atoms with van der Waals surface area (Å²) < 4.78 is 0. The molecule has 3 nitrogen and oxygen atoms in total. The van der Waals surface area contributed by atoms with Crippen molar-refractivity contribution in [2.24, 2.45) is 5.92 Å². The smallest absolute Gasteiger partial charge is 0.306 e. The van der Waals surface area contributed by atoms with Gasteiger partial charge in [-0.25, -0.2) is 0 Å². The summed E-state index contributed by atoms with van der Waals surface area (Å²) in [7, 11) is 0. The van der Waals surface area contributed by atoms with E-state index in [0.29, 0.717) is 6.04 Å². The minimum atomic E-state index is -0.617. The zero-order valence-electron chi connectivity index (χ0n) is 11.2. The number of carboxylic acid groups (broad SMARTS) is 1. The van der Waals surface area contributed by atoms with Gasteiger partial charge in [0, 0.05) is 6.04 Å². The number of likely N-dealkylation sites (tertiary alicyclic amines) is 1. The second kappa shape index (κ2) is 5.33. The molecule has 1 atom stereocenters. The first-order chi connectivity index (χ1) is 9.24. The lowest BCUT2D eigenvalue weighted by atomic mass is 9.86. The zero-order valence-corrected chi connectivity index (χ0v) is 11.2. The Labute approximate surface area is 114 Å². The first-order valence-electron chi connectivity index (χ1n) is 7.27. The van der Waals surface area contributed by atoms with Crippen molar-refractivity contribution in [1.82, 2.24) is 4.90 Å². The van der Waals surface area contributed by atoms with Gasteiger partial charge in [0.1, 0.15) is 0 Å². The van der Waals surface area contributed by atoms with Crippen LogP contribution in [0.1, 0.15) is 30.4 Å². The second-order valence-corrected chi connectivity index (χ2v) is 5.81. The van der Waals surface area contributed by atoms with Crippen LogP contribution in [0.3, 0.4) is 0 Å². The van der Waals surface area contributed by atoms with Crippen molar-refractivity contribution >= 4 is 5.97 Å². The Balaban J connectivity index is 1.62. The topological polar surface area (TPSA) is 40.5 Å². The molecule has 19 heavy (non-hydrogen) atoms. The van der Waals surface area contributed by atoms with E-state index in [1.54, 1.807) is 0 Å². The highest BCUT2D eigenvalue weighted by atomic mass is 16.4. The first-order valence-corrected chi connectivity index (χ1v) is 7.27. The third-order valence-electron chi connectivity index (χ3n) is 4.72. The summed E-state index contributed by atoms with van der Waals surface area (Å²) in [5.74, 6) is -0.735. The molecule has 1 fully saturated rings. The van der Waals surface area contributed by atoms with E-state index < -0.39 is 5.97 Å². The van der Waals surface area contributed by atoms with Gasteiger partial charge >= 0.3 is 5.97 Å². The Morgan fingerprint density at radius 1 is 1.11 bits per heavy atom. The Morgan fingerprint density at radius 3 is 2.47 bits per heavy atom. The third kappa shape index (κ3) is 2.66. The fourth-order valence-corrected chi connectivity index (χ4v) is 3.50. The largest absolute Gasteiger partial charge is 0.481 e. The molecule has 1 aromatic carbocycles. The van der Waals surface area contributed by atoms with Crippen molar-refractivity contribution in [1.29, 1.82) is 0 Å². The predicted octanol–water partition coefficient (Wildman–Crippen LogP) is 2.34. The number of rotatable bonds is 2. The van der Waals surface area contributed by atoms with Crippen LogP contribution in [0.15, 0.2) is 24.3 Å². The molecule has 1 unspecified atom stereocenters. The summed E-state index contributed by atoms with van der Waals surface area (Å²) in [6.45, 7) is 1.90. The molecular weight excluding hydrogens is 238 g/mol. The number of aryl methyl sites for hydroxylation is 1. The molecule has 0 spiro atoms. The standard InChI is InChI=1S/C16H21NO2/c18-16(19)13-7-9-17(10-8-13)15-6-5-12-3-1-2-4-14(12)11-15/h1-4,13,15H,5-11H2,(H,18,19). The lowest BCUT2D eigenvalue weighted by Gasteiger charge is -2.39. The number of fused-ring (bicyclic) bond motifs is 1. The van der Waals surface area contributed by atoms with Crippen molar-refractivity contribution in [3.8, 4) is 0 Å². The van der Waals surface area contributed by atoms with Gasteiger partial charge in [0.2, 0.25) is 0 Å². The fraction of sp³-hybridized carbons (Fsp3) is 0.562. The zero-order chi connectivity index (χ0) is 13.2. The van der Waals surface area contributed by atoms with Gasteiger partial charge in [0.25, 0.3) is 0 Å². The van der Waals surface area contributed by atoms with Crippen LogP contribution in [0.4, 0.5) is 0 Å². The average Bonchev–Trinajstić information content (AvgIpc) is 2.47. The highest BCUT2D eigenvalue weighted by Gasteiger charge is 2.30. The van der Waals surface area contributed by atoms with E-state index in [9.17, 15) is 4.79 Å². The Bertz CT molecular complexity index is 464. The molecule has 1 aromatic rings. The van der Waals surface area contributed by atoms with E-state index in [1.807, 2.05) is 0 Å². The van der Waals surface area contributed by atoms with Crippen molar-refractivity contribution in [3.63, 3.8) is 0 Å². The highest BCUT2D eigenvalue weighted by molar-refractivity contribution is 5.70. The van der Waals surface area contributed by atoms with E-state index in [1.165, 1.54) is 24.0 Å². The van der Waals surface area contributed by atoms with Gasteiger partial charge in [-0.1, -0.05) is 24.3 Å². The molecule has 2 aliphatic rings. The van der Waals surface area contributed by atoms with Gasteiger partial charge in [-0.15, -0.1) is 0 Å². The van der Waals surface area contributed by atoms with Crippen LogP contribution in [0.2, 0.25) is 0 Å². The van der Waals surface area contributed by atoms with E-state index >= 15 is 0 Å². The van der Waals surface area contributed by atoms with E-state index in [-0.39, 0.29) is 5.92 Å². The Kier molecular flexibility index (Phi) is 3.56. The van der Waals surface area contributed by atoms with E-state index in [4.69, 9.17) is 5.11 Å². The number of carboxylic acids is 1. The molecule has 0 bridgehead atoms. The quantitative estimate of drug-likeness (QED) is 0.886. The van der Waals surface area contributed by atoms with Crippen LogP contribution in [0.5, 0.6) is 0 Å². The van der Waals surface area contributed by atoms with Gasteiger partial charge in [0.05, 0.1) is 5.92 Å². The van der Waals surface area contributed by atoms with Crippen LogP contribution in [-0.4, -0.2) is 35.1 Å². The molecule has 0 saturated carbocycles. The molecule has 3 heteroatoms. The van der Waals surface area contributed by atoms with E-state index in [0.717, 1.165) is 32.4 Å². The van der Waals surface area contributed by atoms with Gasteiger partial charge in [0.15, 0.2) is 0 Å². The van der Waals surface area contributed by atoms with Crippen molar-refractivity contribution in [2.45, 2.75) is 38.1 Å². The lowest BCUT2D eigenvalue weighted by Crippen LogP contribution is -2.45. The van der Waals surface area contributed by atoms with Gasteiger partial charge in [-0.3, -0.25) is 9.69 Å². The maximum absolute atomic E-state index is 11.0. The molecule has 102 valence electrons. The molecule has 1 saturated heterocycles. The maximum atomic E-state index is 11.0. The SMILES string of the molecule is O=C(O)C1CCN(C2CCc3ccccc3C2)CC1. The molecule has 1 aliphatic heterocycles. The number of nitrogens with zero attached hydrogens (tertiary/aromatic N) is 1. The summed E-state index contributed by atoms with van der Waals surface area (Å²) in [6.07, 6.45) is 5.14. The van der Waals surface area contributed by atoms with Gasteiger partial charge in [-0.05, 0) is 56.3 Å². The number of hydrogen-bond acceptors (Lipinski definition) is 2. The summed E-state index contributed by atoms with van der Waals surface area (Å²) in [4.78, 5) is 13.5. The third-order valence-corrected chi connectivity index (χ3v) is 4.72. The maximum Gasteiger partial charge on any atom is 0.306 e. The second-order valence-electron chi connectivity index (χ2n) is 5.81. The van der Waals surface area contributed by atoms with Gasteiger partial charge in [-0.2, -0.15) is 0 Å². The average molecular weight is 259 g/mol. The van der Waals surface area contributed by atoms with Crippen LogP contribution < -0.4 is 0 Å². The molecule has 1 aliphatic carbocycles. The van der Waals surface area contributed by atoms with Crippen molar-refractivity contribution in [2.75, 3.05) is 13.1 Å².